The molecule has 0 saturated carbocycles. The van der Waals surface area contributed by atoms with E-state index in [0.29, 0.717) is 0 Å². The minimum atomic E-state index is 0.789. The fourth-order valence-corrected chi connectivity index (χ4v) is 3.74. The SMILES string of the molecule is c1ccc(-n2c3[n+](c4c2nc2ccncn24)Cc2cccnc2-3)cc1. The highest BCUT2D eigenvalue weighted by molar-refractivity contribution is 5.78. The van der Waals surface area contributed by atoms with Crippen molar-refractivity contribution >= 4 is 16.9 Å². The lowest BCUT2D eigenvalue weighted by Gasteiger charge is -2.02. The van der Waals surface area contributed by atoms with Gasteiger partial charge in [-0.05, 0) is 18.2 Å². The summed E-state index contributed by atoms with van der Waals surface area (Å²) in [7, 11) is 0. The van der Waals surface area contributed by atoms with Gasteiger partial charge in [0.25, 0.3) is 17.1 Å². The highest BCUT2D eigenvalue weighted by Gasteiger charge is 2.36. The van der Waals surface area contributed by atoms with Crippen LogP contribution < -0.4 is 4.57 Å². The summed E-state index contributed by atoms with van der Waals surface area (Å²) in [6, 6.07) is 16.4. The average Bonchev–Trinajstić information content (AvgIpc) is 3.29. The van der Waals surface area contributed by atoms with Crippen LogP contribution in [0.2, 0.25) is 0 Å². The van der Waals surface area contributed by atoms with Crippen molar-refractivity contribution in [2.75, 3.05) is 0 Å². The molecular weight excluding hydrogens is 312 g/mol. The maximum atomic E-state index is 4.87. The molecule has 118 valence electrons. The van der Waals surface area contributed by atoms with Crippen molar-refractivity contribution in [3.63, 3.8) is 0 Å². The van der Waals surface area contributed by atoms with Gasteiger partial charge >= 0.3 is 0 Å². The molecule has 6 rings (SSSR count). The summed E-state index contributed by atoms with van der Waals surface area (Å²) >= 11 is 0. The maximum absolute atomic E-state index is 4.87. The number of fused-ring (bicyclic) bond motifs is 7. The molecule has 4 aromatic heterocycles. The van der Waals surface area contributed by atoms with Gasteiger partial charge in [-0.3, -0.25) is 0 Å². The lowest BCUT2D eigenvalue weighted by Crippen LogP contribution is -2.32. The highest BCUT2D eigenvalue weighted by Crippen LogP contribution is 2.32. The van der Waals surface area contributed by atoms with E-state index in [9.17, 15) is 0 Å². The van der Waals surface area contributed by atoms with Crippen LogP contribution >= 0.6 is 0 Å². The zero-order valence-electron chi connectivity index (χ0n) is 13.2. The van der Waals surface area contributed by atoms with Crippen LogP contribution in [-0.4, -0.2) is 23.9 Å². The van der Waals surface area contributed by atoms with Gasteiger partial charge in [-0.2, -0.15) is 9.38 Å². The Hall–Kier alpha value is -3.54. The molecule has 6 nitrogen and oxygen atoms in total. The Morgan fingerprint density at radius 3 is 2.80 bits per heavy atom. The average molecular weight is 325 g/mol. The van der Waals surface area contributed by atoms with Crippen LogP contribution in [0.5, 0.6) is 0 Å². The zero-order chi connectivity index (χ0) is 16.4. The largest absolute Gasteiger partial charge is 0.297 e. The molecule has 0 aliphatic carbocycles. The highest BCUT2D eigenvalue weighted by atomic mass is 15.3. The number of imidazole rings is 2. The molecule has 0 unspecified atom stereocenters. The van der Waals surface area contributed by atoms with Gasteiger partial charge in [0.15, 0.2) is 6.33 Å². The fraction of sp³-hybridized carbons (Fsp3) is 0.0526. The molecule has 5 heterocycles. The van der Waals surface area contributed by atoms with Crippen molar-refractivity contribution in [3.05, 3.63) is 72.8 Å². The first kappa shape index (κ1) is 12.8. The van der Waals surface area contributed by atoms with E-state index >= 15 is 0 Å². The Morgan fingerprint density at radius 2 is 1.88 bits per heavy atom. The van der Waals surface area contributed by atoms with Gasteiger partial charge in [0, 0.05) is 24.0 Å². The molecule has 0 radical (unpaired) electrons. The van der Waals surface area contributed by atoms with Crippen molar-refractivity contribution in [1.29, 1.82) is 0 Å². The van der Waals surface area contributed by atoms with E-state index in [2.05, 4.69) is 37.3 Å². The number of hydrogen-bond donors (Lipinski definition) is 0. The van der Waals surface area contributed by atoms with Crippen LogP contribution in [0.4, 0.5) is 0 Å². The second-order valence-corrected chi connectivity index (χ2v) is 6.16. The third-order valence-corrected chi connectivity index (χ3v) is 4.77. The van der Waals surface area contributed by atoms with Crippen LogP contribution in [0.25, 0.3) is 34.1 Å². The van der Waals surface area contributed by atoms with E-state index in [1.165, 1.54) is 5.56 Å². The Morgan fingerprint density at radius 1 is 0.960 bits per heavy atom. The van der Waals surface area contributed by atoms with Crippen LogP contribution in [0.1, 0.15) is 5.56 Å². The Balaban J connectivity index is 1.83. The zero-order valence-corrected chi connectivity index (χ0v) is 13.2. The molecule has 0 spiro atoms. The Bertz CT molecular complexity index is 1270. The molecule has 0 amide bonds. The van der Waals surface area contributed by atoms with Crippen molar-refractivity contribution in [2.45, 2.75) is 6.54 Å². The molecule has 1 aliphatic heterocycles. The Kier molecular flexibility index (Phi) is 2.31. The van der Waals surface area contributed by atoms with Crippen LogP contribution in [-0.2, 0) is 6.54 Å². The van der Waals surface area contributed by atoms with E-state index in [1.54, 1.807) is 6.20 Å². The van der Waals surface area contributed by atoms with Crippen molar-refractivity contribution in [3.8, 4) is 17.2 Å². The van der Waals surface area contributed by atoms with Gasteiger partial charge in [-0.15, -0.1) is 0 Å². The summed E-state index contributed by atoms with van der Waals surface area (Å²) in [5.41, 5.74) is 6.18. The molecule has 0 atom stereocenters. The standard InChI is InChI=1S/C19H13N6/c1-2-6-14(7-3-1)25-17-19(24-12-20-10-8-15(24)22-17)23-11-13-5-4-9-21-16(13)18(23)25/h1-10,12H,11H2/q+1. The quantitative estimate of drug-likeness (QED) is 0.436. The van der Waals surface area contributed by atoms with Crippen LogP contribution in [0, 0.1) is 0 Å². The van der Waals surface area contributed by atoms with E-state index in [0.717, 1.165) is 40.7 Å². The first-order chi connectivity index (χ1) is 12.4. The van der Waals surface area contributed by atoms with E-state index in [1.807, 2.05) is 47.3 Å². The number of nitrogens with zero attached hydrogens (tertiary/aromatic N) is 6. The third-order valence-electron chi connectivity index (χ3n) is 4.77. The normalized spacial score (nSPS) is 12.6. The monoisotopic (exact) mass is 325 g/mol. The van der Waals surface area contributed by atoms with Gasteiger partial charge in [0.05, 0.1) is 6.54 Å². The third kappa shape index (κ3) is 1.58. The summed E-state index contributed by atoms with van der Waals surface area (Å²) in [6.45, 7) is 0.789. The number of aromatic nitrogens is 6. The number of benzene rings is 1. The predicted molar refractivity (Wildman–Crippen MR) is 92.3 cm³/mol. The van der Waals surface area contributed by atoms with Gasteiger partial charge in [0.1, 0.15) is 11.4 Å². The first-order valence-corrected chi connectivity index (χ1v) is 8.18. The first-order valence-electron chi connectivity index (χ1n) is 8.18. The van der Waals surface area contributed by atoms with Crippen LogP contribution in [0.3, 0.4) is 0 Å². The molecule has 0 N–H and O–H groups in total. The lowest BCUT2D eigenvalue weighted by molar-refractivity contribution is -0.648. The topological polar surface area (TPSA) is 51.9 Å². The second kappa shape index (κ2) is 4.51. The minimum Gasteiger partial charge on any atom is -0.249 e. The number of rotatable bonds is 1. The van der Waals surface area contributed by atoms with Gasteiger partial charge in [0.2, 0.25) is 5.65 Å². The summed E-state index contributed by atoms with van der Waals surface area (Å²) in [4.78, 5) is 13.8. The van der Waals surface area contributed by atoms with E-state index < -0.39 is 0 Å². The smallest absolute Gasteiger partial charge is 0.249 e. The van der Waals surface area contributed by atoms with E-state index in [4.69, 9.17) is 4.98 Å². The summed E-state index contributed by atoms with van der Waals surface area (Å²) in [6.07, 6.45) is 5.45. The molecule has 5 aromatic rings. The fourth-order valence-electron chi connectivity index (χ4n) is 3.74. The van der Waals surface area contributed by atoms with Crippen molar-refractivity contribution < 1.29 is 4.57 Å². The summed E-state index contributed by atoms with van der Waals surface area (Å²) in [5, 5.41) is 0. The molecule has 1 aromatic carbocycles. The Labute approximate surface area is 142 Å². The van der Waals surface area contributed by atoms with Crippen molar-refractivity contribution in [1.82, 2.24) is 23.9 Å². The molecular formula is C19H13N6+. The summed E-state index contributed by atoms with van der Waals surface area (Å²) < 4.78 is 6.52. The molecule has 1 aliphatic rings. The molecule has 0 fully saturated rings. The second-order valence-electron chi connectivity index (χ2n) is 6.16. The molecule has 0 saturated heterocycles. The summed E-state index contributed by atoms with van der Waals surface area (Å²) in [5.74, 6) is 1.07. The van der Waals surface area contributed by atoms with Gasteiger partial charge in [-0.1, -0.05) is 24.3 Å². The van der Waals surface area contributed by atoms with Crippen molar-refractivity contribution in [2.24, 2.45) is 0 Å². The molecule has 6 heteroatoms. The number of para-hydroxylation sites is 1. The van der Waals surface area contributed by atoms with E-state index in [-0.39, 0.29) is 0 Å². The van der Waals surface area contributed by atoms with Gasteiger partial charge in [-0.25, -0.2) is 19.1 Å². The molecule has 25 heavy (non-hydrogen) atoms. The minimum absolute atomic E-state index is 0.789. The number of hydrogen-bond acceptors (Lipinski definition) is 3. The van der Waals surface area contributed by atoms with Gasteiger partial charge < -0.3 is 0 Å². The lowest BCUT2D eigenvalue weighted by atomic mass is 10.2. The maximum Gasteiger partial charge on any atom is 0.297 e. The predicted octanol–water partition coefficient (Wildman–Crippen LogP) is 2.38. The molecule has 0 bridgehead atoms. The number of pyridine rings is 1. The van der Waals surface area contributed by atoms with Crippen LogP contribution in [0.15, 0.2) is 67.3 Å².